The highest BCUT2D eigenvalue weighted by Gasteiger charge is 2.35. The molecule has 8 heteroatoms. The highest BCUT2D eigenvalue weighted by atomic mass is 16.3. The molecule has 0 aliphatic carbocycles. The van der Waals surface area contributed by atoms with E-state index in [-0.39, 0.29) is 22.6 Å². The summed E-state index contributed by atoms with van der Waals surface area (Å²) in [6.45, 7) is 4.52. The molecule has 0 radical (unpaired) electrons. The number of H-pyrrole nitrogens is 1. The molecule has 0 saturated heterocycles. The van der Waals surface area contributed by atoms with Crippen molar-refractivity contribution in [3.05, 3.63) is 59.9 Å². The maximum absolute atomic E-state index is 13.0. The lowest BCUT2D eigenvalue weighted by molar-refractivity contribution is -0.122. The second kappa shape index (κ2) is 8.14. The number of fused-ring (bicyclic) bond motifs is 2. The molecule has 0 fully saturated rings. The number of carbonyl (C=O) groups excluding carboxylic acids is 2. The van der Waals surface area contributed by atoms with Gasteiger partial charge in [0, 0.05) is 51.9 Å². The Labute approximate surface area is 189 Å². The Bertz CT molecular complexity index is 1440. The Hall–Kier alpha value is -4.04. The second-order valence-electron chi connectivity index (χ2n) is 8.11. The van der Waals surface area contributed by atoms with Gasteiger partial charge in [-0.2, -0.15) is 0 Å². The van der Waals surface area contributed by atoms with E-state index < -0.39 is 11.8 Å². The molecule has 0 spiro atoms. The van der Waals surface area contributed by atoms with E-state index in [4.69, 9.17) is 0 Å². The van der Waals surface area contributed by atoms with E-state index in [1.165, 1.54) is 0 Å². The van der Waals surface area contributed by atoms with Crippen LogP contribution in [0.15, 0.2) is 48.8 Å². The lowest BCUT2D eigenvalue weighted by Crippen LogP contribution is -2.22. The minimum atomic E-state index is -0.493. The van der Waals surface area contributed by atoms with Crippen LogP contribution in [0.5, 0.6) is 11.5 Å². The fourth-order valence-corrected chi connectivity index (χ4v) is 4.51. The van der Waals surface area contributed by atoms with Gasteiger partial charge in [-0.1, -0.05) is 6.92 Å². The van der Waals surface area contributed by atoms with Crippen molar-refractivity contribution in [3.63, 3.8) is 0 Å². The molecule has 1 aliphatic heterocycles. The van der Waals surface area contributed by atoms with Crippen molar-refractivity contribution < 1.29 is 19.8 Å². The Balaban J connectivity index is 1.71. The van der Waals surface area contributed by atoms with Crippen molar-refractivity contribution in [1.82, 2.24) is 20.2 Å². The molecule has 5 rings (SSSR count). The van der Waals surface area contributed by atoms with Gasteiger partial charge >= 0.3 is 0 Å². The first-order chi connectivity index (χ1) is 16.0. The molecule has 0 saturated carbocycles. The van der Waals surface area contributed by atoms with Crippen LogP contribution in [0.25, 0.3) is 33.0 Å². The van der Waals surface area contributed by atoms with Gasteiger partial charge in [0.15, 0.2) is 0 Å². The number of carbonyl (C=O) groups is 2. The van der Waals surface area contributed by atoms with Crippen LogP contribution in [0, 0.1) is 0 Å². The van der Waals surface area contributed by atoms with Gasteiger partial charge in [0.1, 0.15) is 11.5 Å². The number of aromatic amines is 1. The van der Waals surface area contributed by atoms with Crippen LogP contribution in [-0.2, 0) is 16.1 Å². The number of aryl methyl sites for hydroxylation is 1. The number of phenolic OH excluding ortho intramolecular Hbond substituents is 2. The quantitative estimate of drug-likeness (QED) is 0.222. The molecular weight excluding hydrogens is 420 g/mol. The predicted octanol–water partition coefficient (Wildman–Crippen LogP) is 3.10. The number of benzene rings is 2. The monoisotopic (exact) mass is 444 g/mol. The van der Waals surface area contributed by atoms with Gasteiger partial charge < -0.3 is 25.1 Å². The number of rotatable bonds is 7. The summed E-state index contributed by atoms with van der Waals surface area (Å²) in [6, 6.07) is 9.90. The Morgan fingerprint density at radius 2 is 1.64 bits per heavy atom. The largest absolute Gasteiger partial charge is 0.508 e. The molecule has 0 atom stereocenters. The molecule has 168 valence electrons. The number of amides is 2. The van der Waals surface area contributed by atoms with Crippen LogP contribution in [0.3, 0.4) is 0 Å². The number of aromatic nitrogens is 2. The van der Waals surface area contributed by atoms with Crippen LogP contribution >= 0.6 is 0 Å². The van der Waals surface area contributed by atoms with Gasteiger partial charge in [-0.05, 0) is 55.9 Å². The zero-order chi connectivity index (χ0) is 23.1. The van der Waals surface area contributed by atoms with Crippen LogP contribution < -0.4 is 10.6 Å². The van der Waals surface area contributed by atoms with Gasteiger partial charge in [0.25, 0.3) is 11.8 Å². The third kappa shape index (κ3) is 3.54. The Morgan fingerprint density at radius 3 is 2.39 bits per heavy atom. The van der Waals surface area contributed by atoms with E-state index in [2.05, 4.69) is 22.5 Å². The number of nitrogens with zero attached hydrogens (tertiary/aromatic N) is 1. The molecular formula is C25H24N4O4. The van der Waals surface area contributed by atoms with Gasteiger partial charge in [-0.15, -0.1) is 0 Å². The lowest BCUT2D eigenvalue weighted by Gasteiger charge is -2.05. The topological polar surface area (TPSA) is 119 Å². The van der Waals surface area contributed by atoms with Gasteiger partial charge in [0.2, 0.25) is 0 Å². The number of hydrogen-bond donors (Lipinski definition) is 5. The summed E-state index contributed by atoms with van der Waals surface area (Å²) in [5, 5.41) is 27.2. The Kier molecular flexibility index (Phi) is 5.14. The van der Waals surface area contributed by atoms with Crippen LogP contribution in [0.2, 0.25) is 0 Å². The van der Waals surface area contributed by atoms with E-state index >= 15 is 0 Å². The number of imide groups is 1. The molecule has 0 bridgehead atoms. The SMILES string of the molecule is CCNCCCn1cc(C2=C(c3c[nH]c4ccc(O)cc34)C(=O)NC2=O)c2cc(O)ccc21. The zero-order valence-electron chi connectivity index (χ0n) is 18.1. The molecule has 4 aromatic rings. The van der Waals surface area contributed by atoms with Gasteiger partial charge in [-0.25, -0.2) is 0 Å². The Morgan fingerprint density at radius 1 is 0.939 bits per heavy atom. The maximum Gasteiger partial charge on any atom is 0.259 e. The highest BCUT2D eigenvalue weighted by Crippen LogP contribution is 2.39. The fourth-order valence-electron chi connectivity index (χ4n) is 4.51. The van der Waals surface area contributed by atoms with E-state index in [0.29, 0.717) is 28.4 Å². The van der Waals surface area contributed by atoms with Gasteiger partial charge in [-0.3, -0.25) is 14.9 Å². The predicted molar refractivity (Wildman–Crippen MR) is 127 cm³/mol. The molecule has 3 heterocycles. The maximum atomic E-state index is 13.0. The molecule has 2 aromatic carbocycles. The molecule has 0 unspecified atom stereocenters. The zero-order valence-corrected chi connectivity index (χ0v) is 18.1. The van der Waals surface area contributed by atoms with Crippen molar-refractivity contribution in [3.8, 4) is 11.5 Å². The minimum Gasteiger partial charge on any atom is -0.508 e. The molecule has 8 nitrogen and oxygen atoms in total. The summed E-state index contributed by atoms with van der Waals surface area (Å²) in [5.41, 5.74) is 3.22. The first-order valence-corrected chi connectivity index (χ1v) is 10.9. The third-order valence-corrected chi connectivity index (χ3v) is 6.00. The second-order valence-corrected chi connectivity index (χ2v) is 8.11. The number of phenols is 2. The average Bonchev–Trinajstić information content (AvgIpc) is 3.43. The normalized spacial score (nSPS) is 14.1. The van der Waals surface area contributed by atoms with Crippen LogP contribution in [0.4, 0.5) is 0 Å². The van der Waals surface area contributed by atoms with E-state index in [1.54, 1.807) is 36.5 Å². The van der Waals surface area contributed by atoms with Crippen molar-refractivity contribution in [2.45, 2.75) is 19.9 Å². The average molecular weight is 444 g/mol. The van der Waals surface area contributed by atoms with Crippen molar-refractivity contribution in [1.29, 1.82) is 0 Å². The van der Waals surface area contributed by atoms with E-state index in [0.717, 1.165) is 30.5 Å². The number of nitrogens with one attached hydrogen (secondary N) is 3. The molecule has 2 amide bonds. The molecule has 1 aliphatic rings. The minimum absolute atomic E-state index is 0.0671. The van der Waals surface area contributed by atoms with E-state index in [1.807, 2.05) is 16.8 Å². The number of hydrogen-bond acceptors (Lipinski definition) is 5. The summed E-state index contributed by atoms with van der Waals surface area (Å²) in [4.78, 5) is 29.0. The van der Waals surface area contributed by atoms with Crippen molar-refractivity contribution >= 4 is 44.8 Å². The van der Waals surface area contributed by atoms with Gasteiger partial charge in [0.05, 0.1) is 11.1 Å². The molecule has 2 aromatic heterocycles. The smallest absolute Gasteiger partial charge is 0.259 e. The molecule has 5 N–H and O–H groups in total. The van der Waals surface area contributed by atoms with Crippen LogP contribution in [0.1, 0.15) is 24.5 Å². The van der Waals surface area contributed by atoms with E-state index in [9.17, 15) is 19.8 Å². The highest BCUT2D eigenvalue weighted by molar-refractivity contribution is 6.50. The summed E-state index contributed by atoms with van der Waals surface area (Å²) < 4.78 is 2.04. The first-order valence-electron chi connectivity index (χ1n) is 10.9. The number of aromatic hydroxyl groups is 2. The van der Waals surface area contributed by atoms with Crippen molar-refractivity contribution in [2.24, 2.45) is 0 Å². The summed E-state index contributed by atoms with van der Waals surface area (Å²) in [6.07, 6.45) is 4.43. The lowest BCUT2D eigenvalue weighted by atomic mass is 9.95. The van der Waals surface area contributed by atoms with Crippen molar-refractivity contribution in [2.75, 3.05) is 13.1 Å². The third-order valence-electron chi connectivity index (χ3n) is 6.00. The molecule has 33 heavy (non-hydrogen) atoms. The summed E-state index contributed by atoms with van der Waals surface area (Å²) in [7, 11) is 0. The fraction of sp³-hybridized carbons (Fsp3) is 0.200. The summed E-state index contributed by atoms with van der Waals surface area (Å²) in [5.74, 6) is -0.831. The summed E-state index contributed by atoms with van der Waals surface area (Å²) >= 11 is 0. The standard InChI is InChI=1S/C25H24N4O4/c1-2-26-8-3-9-29-13-19(17-11-15(31)5-7-21(17)29)23-22(24(32)28-25(23)33)18-12-27-20-6-4-14(30)10-16(18)20/h4-7,10-13,26-27,30-31H,2-3,8-9H2,1H3,(H,28,32,33). The van der Waals surface area contributed by atoms with Crippen LogP contribution in [-0.4, -0.2) is 44.7 Å². The first kappa shape index (κ1) is 20.8.